The van der Waals surface area contributed by atoms with Crippen LogP contribution in [-0.4, -0.2) is 29.7 Å². The lowest BCUT2D eigenvalue weighted by molar-refractivity contribution is -0.137. The Balaban J connectivity index is 1.86. The van der Waals surface area contributed by atoms with Gasteiger partial charge in [0.25, 0.3) is 0 Å². The maximum atomic E-state index is 10.4. The first kappa shape index (κ1) is 16.4. The Morgan fingerprint density at radius 1 is 1.23 bits per heavy atom. The lowest BCUT2D eigenvalue weighted by Gasteiger charge is -2.03. The van der Waals surface area contributed by atoms with Gasteiger partial charge >= 0.3 is 5.97 Å². The summed E-state index contributed by atoms with van der Waals surface area (Å²) >= 11 is 1.76. The number of aliphatic carboxylic acids is 1. The molecule has 3 nitrogen and oxygen atoms in total. The molecule has 2 aromatic rings. The summed E-state index contributed by atoms with van der Waals surface area (Å²) in [6.45, 7) is 0. The largest absolute Gasteiger partial charge is 0.497 e. The van der Waals surface area contributed by atoms with Gasteiger partial charge in [-0.05, 0) is 46.7 Å². The van der Waals surface area contributed by atoms with Crippen LogP contribution in [0.4, 0.5) is 0 Å². The summed E-state index contributed by atoms with van der Waals surface area (Å²) < 4.78 is 5.23. The van der Waals surface area contributed by atoms with E-state index in [-0.39, 0.29) is 6.42 Å². The highest BCUT2D eigenvalue weighted by Crippen LogP contribution is 2.22. The summed E-state index contributed by atoms with van der Waals surface area (Å²) in [7, 11) is 1.67. The van der Waals surface area contributed by atoms with Gasteiger partial charge in [-0.15, -0.1) is 0 Å². The Labute approximate surface area is 135 Å². The predicted octanol–water partition coefficient (Wildman–Crippen LogP) is 4.46. The molecule has 0 amide bonds. The molecule has 0 radical (unpaired) electrons. The van der Waals surface area contributed by atoms with E-state index in [1.165, 1.54) is 16.3 Å². The van der Waals surface area contributed by atoms with Crippen molar-refractivity contribution in [3.63, 3.8) is 0 Å². The van der Waals surface area contributed by atoms with Crippen molar-refractivity contribution in [2.24, 2.45) is 0 Å². The van der Waals surface area contributed by atoms with E-state index in [9.17, 15) is 4.79 Å². The van der Waals surface area contributed by atoms with E-state index in [1.54, 1.807) is 18.9 Å². The average Bonchev–Trinajstić information content (AvgIpc) is 2.53. The number of carboxylic acid groups (broad SMARTS) is 1. The van der Waals surface area contributed by atoms with E-state index in [1.807, 2.05) is 12.1 Å². The van der Waals surface area contributed by atoms with E-state index < -0.39 is 5.97 Å². The van der Waals surface area contributed by atoms with E-state index in [0.29, 0.717) is 0 Å². The molecular formula is C18H20O3S. The Kier molecular flexibility index (Phi) is 6.34. The van der Waals surface area contributed by atoms with Gasteiger partial charge in [0.1, 0.15) is 5.75 Å². The number of thioether (sulfide) groups is 1. The molecule has 2 aromatic carbocycles. The SMILES string of the molecule is COc1ccc2cc(C=CCSCCCC(=O)O)ccc2c1. The lowest BCUT2D eigenvalue weighted by Crippen LogP contribution is -1.94. The van der Waals surface area contributed by atoms with Crippen LogP contribution in [0.5, 0.6) is 5.75 Å². The molecular weight excluding hydrogens is 296 g/mol. The van der Waals surface area contributed by atoms with Crippen LogP contribution >= 0.6 is 11.8 Å². The van der Waals surface area contributed by atoms with Crippen molar-refractivity contribution >= 4 is 34.6 Å². The third-order valence-corrected chi connectivity index (χ3v) is 4.28. The van der Waals surface area contributed by atoms with Gasteiger partial charge in [0.2, 0.25) is 0 Å². The number of hydrogen-bond donors (Lipinski definition) is 1. The molecule has 0 heterocycles. The molecule has 0 aromatic heterocycles. The highest BCUT2D eigenvalue weighted by atomic mass is 32.2. The molecule has 0 saturated heterocycles. The van der Waals surface area contributed by atoms with Crippen molar-refractivity contribution in [2.75, 3.05) is 18.6 Å². The van der Waals surface area contributed by atoms with Gasteiger partial charge in [-0.25, -0.2) is 0 Å². The Bertz CT molecular complexity index is 664. The van der Waals surface area contributed by atoms with Gasteiger partial charge < -0.3 is 9.84 Å². The maximum absolute atomic E-state index is 10.4. The first-order valence-corrected chi connectivity index (χ1v) is 8.38. The van der Waals surface area contributed by atoms with Crippen molar-refractivity contribution in [1.29, 1.82) is 0 Å². The lowest BCUT2D eigenvalue weighted by atomic mass is 10.1. The van der Waals surface area contributed by atoms with Crippen LogP contribution in [0.3, 0.4) is 0 Å². The molecule has 0 aliphatic heterocycles. The highest BCUT2D eigenvalue weighted by Gasteiger charge is 1.98. The molecule has 0 bridgehead atoms. The zero-order valence-corrected chi connectivity index (χ0v) is 13.4. The molecule has 0 atom stereocenters. The van der Waals surface area contributed by atoms with Crippen LogP contribution in [0, 0.1) is 0 Å². The summed E-state index contributed by atoms with van der Waals surface area (Å²) in [6.07, 6.45) is 5.21. The second-order valence-electron chi connectivity index (χ2n) is 4.95. The van der Waals surface area contributed by atoms with Crippen molar-refractivity contribution in [3.8, 4) is 5.75 Å². The second kappa shape index (κ2) is 8.49. The molecule has 22 heavy (non-hydrogen) atoms. The summed E-state index contributed by atoms with van der Waals surface area (Å²) in [5, 5.41) is 10.9. The zero-order valence-electron chi connectivity index (χ0n) is 12.6. The third kappa shape index (κ3) is 5.11. The maximum Gasteiger partial charge on any atom is 0.303 e. The highest BCUT2D eigenvalue weighted by molar-refractivity contribution is 7.99. The van der Waals surface area contributed by atoms with Gasteiger partial charge in [0, 0.05) is 12.2 Å². The molecule has 116 valence electrons. The standard InChI is InChI=1S/C18H20O3S/c1-21-17-9-8-15-12-14(6-7-16(15)13-17)4-2-10-22-11-3-5-18(19)20/h2,4,6-9,12-13H,3,5,10-11H2,1H3,(H,19,20). The molecule has 4 heteroatoms. The number of carboxylic acids is 1. The summed E-state index contributed by atoms with van der Waals surface area (Å²) in [5.41, 5.74) is 1.17. The van der Waals surface area contributed by atoms with Crippen LogP contribution < -0.4 is 4.74 Å². The van der Waals surface area contributed by atoms with E-state index in [4.69, 9.17) is 9.84 Å². The van der Waals surface area contributed by atoms with E-state index in [2.05, 4.69) is 36.4 Å². The second-order valence-corrected chi connectivity index (χ2v) is 6.10. The van der Waals surface area contributed by atoms with E-state index >= 15 is 0 Å². The Hall–Kier alpha value is -1.94. The number of ether oxygens (including phenoxy) is 1. The normalized spacial score (nSPS) is 11.1. The summed E-state index contributed by atoms with van der Waals surface area (Å²) in [6, 6.07) is 12.4. The molecule has 0 saturated carbocycles. The topological polar surface area (TPSA) is 46.5 Å². The van der Waals surface area contributed by atoms with Crippen molar-refractivity contribution in [3.05, 3.63) is 48.0 Å². The number of fused-ring (bicyclic) bond motifs is 1. The van der Waals surface area contributed by atoms with Crippen molar-refractivity contribution in [1.82, 2.24) is 0 Å². The number of methoxy groups -OCH3 is 1. The van der Waals surface area contributed by atoms with Gasteiger partial charge in [-0.1, -0.05) is 30.4 Å². The van der Waals surface area contributed by atoms with Crippen LogP contribution in [0.25, 0.3) is 16.8 Å². The minimum Gasteiger partial charge on any atom is -0.497 e. The molecule has 0 fully saturated rings. The first-order valence-electron chi connectivity index (χ1n) is 7.23. The van der Waals surface area contributed by atoms with Crippen LogP contribution in [0.1, 0.15) is 18.4 Å². The van der Waals surface area contributed by atoms with Crippen LogP contribution in [0.2, 0.25) is 0 Å². The zero-order chi connectivity index (χ0) is 15.8. The minimum atomic E-state index is -0.719. The number of benzene rings is 2. The van der Waals surface area contributed by atoms with E-state index in [0.717, 1.165) is 23.7 Å². The molecule has 0 unspecified atom stereocenters. The average molecular weight is 316 g/mol. The van der Waals surface area contributed by atoms with Crippen molar-refractivity contribution < 1.29 is 14.6 Å². The quantitative estimate of drug-likeness (QED) is 0.730. The number of rotatable bonds is 8. The van der Waals surface area contributed by atoms with Gasteiger partial charge in [-0.3, -0.25) is 4.79 Å². The number of carbonyl (C=O) groups is 1. The van der Waals surface area contributed by atoms with Gasteiger partial charge in [0.05, 0.1) is 7.11 Å². The van der Waals surface area contributed by atoms with Crippen molar-refractivity contribution in [2.45, 2.75) is 12.8 Å². The fourth-order valence-electron chi connectivity index (χ4n) is 2.13. The third-order valence-electron chi connectivity index (χ3n) is 3.28. The number of hydrogen-bond acceptors (Lipinski definition) is 3. The fourth-order valence-corrected chi connectivity index (χ4v) is 2.88. The molecule has 0 spiro atoms. The molecule has 2 rings (SSSR count). The van der Waals surface area contributed by atoms with Crippen LogP contribution in [-0.2, 0) is 4.79 Å². The summed E-state index contributed by atoms with van der Waals surface area (Å²) in [4.78, 5) is 10.4. The smallest absolute Gasteiger partial charge is 0.303 e. The molecule has 1 N–H and O–H groups in total. The summed E-state index contributed by atoms with van der Waals surface area (Å²) in [5.74, 6) is 1.94. The van der Waals surface area contributed by atoms with Gasteiger partial charge in [-0.2, -0.15) is 11.8 Å². The monoisotopic (exact) mass is 316 g/mol. The molecule has 0 aliphatic carbocycles. The first-order chi connectivity index (χ1) is 10.7. The Morgan fingerprint density at radius 3 is 2.77 bits per heavy atom. The molecule has 0 aliphatic rings. The Morgan fingerprint density at radius 2 is 2.00 bits per heavy atom. The minimum absolute atomic E-state index is 0.255. The van der Waals surface area contributed by atoms with Crippen LogP contribution in [0.15, 0.2) is 42.5 Å². The predicted molar refractivity (Wildman–Crippen MR) is 93.7 cm³/mol. The van der Waals surface area contributed by atoms with Gasteiger partial charge in [0.15, 0.2) is 0 Å². The fraction of sp³-hybridized carbons (Fsp3) is 0.278.